The quantitative estimate of drug-likeness (QED) is 0.544. The maximum Gasteiger partial charge on any atom is 0.180 e. The Hall–Kier alpha value is -1.02. The molecule has 0 heterocycles. The normalized spacial score (nSPS) is 11.4. The molecule has 1 aromatic carbocycles. The van der Waals surface area contributed by atoms with Crippen molar-refractivity contribution in [3.63, 3.8) is 0 Å². The molecule has 0 aliphatic rings. The van der Waals surface area contributed by atoms with Gasteiger partial charge in [-0.25, -0.2) is 8.42 Å². The SMILES string of the molecule is COCCCOCCS(=O)(=O)c1ccc(C(N)=S)cc1. The van der Waals surface area contributed by atoms with Crippen molar-refractivity contribution in [1.29, 1.82) is 0 Å². The van der Waals surface area contributed by atoms with Gasteiger partial charge in [-0.05, 0) is 18.6 Å². The molecule has 0 radical (unpaired) electrons. The van der Waals surface area contributed by atoms with E-state index in [2.05, 4.69) is 0 Å². The van der Waals surface area contributed by atoms with E-state index < -0.39 is 9.84 Å². The minimum Gasteiger partial charge on any atom is -0.389 e. The Balaban J connectivity index is 2.49. The molecular weight excluding hydrogens is 298 g/mol. The van der Waals surface area contributed by atoms with E-state index in [1.807, 2.05) is 0 Å². The van der Waals surface area contributed by atoms with Crippen molar-refractivity contribution in [3.8, 4) is 0 Å². The zero-order valence-corrected chi connectivity index (χ0v) is 13.0. The van der Waals surface area contributed by atoms with Crippen LogP contribution in [0.1, 0.15) is 12.0 Å². The van der Waals surface area contributed by atoms with Crippen LogP contribution in [0.4, 0.5) is 0 Å². The molecule has 0 saturated heterocycles. The second kappa shape index (κ2) is 8.31. The third kappa shape index (κ3) is 5.54. The largest absolute Gasteiger partial charge is 0.389 e. The number of hydrogen-bond donors (Lipinski definition) is 1. The molecule has 5 nitrogen and oxygen atoms in total. The predicted molar refractivity (Wildman–Crippen MR) is 81.7 cm³/mol. The first kappa shape index (κ1) is 17.0. The van der Waals surface area contributed by atoms with Crippen LogP contribution in [0.2, 0.25) is 0 Å². The monoisotopic (exact) mass is 317 g/mol. The summed E-state index contributed by atoms with van der Waals surface area (Å²) >= 11 is 4.82. The van der Waals surface area contributed by atoms with Gasteiger partial charge in [0, 0.05) is 25.9 Å². The van der Waals surface area contributed by atoms with Crippen LogP contribution in [-0.2, 0) is 19.3 Å². The van der Waals surface area contributed by atoms with Crippen LogP contribution in [0.15, 0.2) is 29.2 Å². The molecule has 0 saturated carbocycles. The molecule has 1 rings (SSSR count). The zero-order valence-electron chi connectivity index (χ0n) is 11.4. The number of nitrogens with two attached hydrogens (primary N) is 1. The van der Waals surface area contributed by atoms with Gasteiger partial charge >= 0.3 is 0 Å². The van der Waals surface area contributed by atoms with E-state index in [-0.39, 0.29) is 22.2 Å². The van der Waals surface area contributed by atoms with Crippen LogP contribution < -0.4 is 5.73 Å². The van der Waals surface area contributed by atoms with Crippen LogP contribution in [0, 0.1) is 0 Å². The van der Waals surface area contributed by atoms with Crippen molar-refractivity contribution >= 4 is 27.0 Å². The highest BCUT2D eigenvalue weighted by molar-refractivity contribution is 7.91. The molecule has 0 aliphatic heterocycles. The van der Waals surface area contributed by atoms with Crippen molar-refractivity contribution in [2.75, 3.05) is 32.7 Å². The van der Waals surface area contributed by atoms with Gasteiger partial charge in [-0.15, -0.1) is 0 Å². The first-order valence-electron chi connectivity index (χ1n) is 6.16. The van der Waals surface area contributed by atoms with Crippen LogP contribution in [-0.4, -0.2) is 46.1 Å². The standard InChI is InChI=1S/C13H19NO4S2/c1-17-7-2-8-18-9-10-20(15,16)12-5-3-11(4-6-12)13(14)19/h3-6H,2,7-10H2,1H3,(H2,14,19). The van der Waals surface area contributed by atoms with Gasteiger partial charge < -0.3 is 15.2 Å². The highest BCUT2D eigenvalue weighted by atomic mass is 32.2. The zero-order chi connectivity index (χ0) is 15.0. The molecule has 20 heavy (non-hydrogen) atoms. The second-order valence-electron chi connectivity index (χ2n) is 4.17. The third-order valence-electron chi connectivity index (χ3n) is 2.63. The van der Waals surface area contributed by atoms with Crippen LogP contribution >= 0.6 is 12.2 Å². The van der Waals surface area contributed by atoms with E-state index in [1.54, 1.807) is 19.2 Å². The fraction of sp³-hybridized carbons (Fsp3) is 0.462. The molecule has 0 spiro atoms. The number of ether oxygens (including phenoxy) is 2. The average Bonchev–Trinajstić information content (AvgIpc) is 2.43. The number of benzene rings is 1. The Morgan fingerprint density at radius 2 is 1.85 bits per heavy atom. The van der Waals surface area contributed by atoms with Crippen molar-refractivity contribution in [2.45, 2.75) is 11.3 Å². The minimum absolute atomic E-state index is 0.0492. The van der Waals surface area contributed by atoms with Gasteiger partial charge in [0.05, 0.1) is 17.3 Å². The van der Waals surface area contributed by atoms with Gasteiger partial charge in [-0.2, -0.15) is 0 Å². The lowest BCUT2D eigenvalue weighted by Gasteiger charge is -2.06. The minimum atomic E-state index is -3.34. The molecular formula is C13H19NO4S2. The molecule has 2 N–H and O–H groups in total. The lowest BCUT2D eigenvalue weighted by atomic mass is 10.2. The molecule has 0 fully saturated rings. The van der Waals surface area contributed by atoms with Gasteiger partial charge in [-0.1, -0.05) is 24.4 Å². The molecule has 0 unspecified atom stereocenters. The number of hydrogen-bond acceptors (Lipinski definition) is 5. The molecule has 0 atom stereocenters. The highest BCUT2D eigenvalue weighted by Gasteiger charge is 2.14. The summed E-state index contributed by atoms with van der Waals surface area (Å²) in [6.07, 6.45) is 0.749. The fourth-order valence-corrected chi connectivity index (χ4v) is 2.78. The van der Waals surface area contributed by atoms with Crippen LogP contribution in [0.3, 0.4) is 0 Å². The fourth-order valence-electron chi connectivity index (χ4n) is 1.52. The molecule has 7 heteroatoms. The van der Waals surface area contributed by atoms with Gasteiger partial charge in [0.15, 0.2) is 9.84 Å². The molecule has 0 bridgehead atoms. The molecule has 0 amide bonds. The molecule has 1 aromatic rings. The van der Waals surface area contributed by atoms with E-state index in [1.165, 1.54) is 12.1 Å². The van der Waals surface area contributed by atoms with Gasteiger partial charge in [0.2, 0.25) is 0 Å². The summed E-state index contributed by atoms with van der Waals surface area (Å²) in [5.74, 6) is -0.0492. The van der Waals surface area contributed by atoms with E-state index in [0.717, 1.165) is 6.42 Å². The number of rotatable bonds is 9. The Morgan fingerprint density at radius 1 is 1.20 bits per heavy atom. The molecule has 112 valence electrons. The summed E-state index contributed by atoms with van der Waals surface area (Å²) in [6, 6.07) is 6.23. The summed E-state index contributed by atoms with van der Waals surface area (Å²) < 4.78 is 34.2. The number of sulfone groups is 1. The Labute approximate surface area is 125 Å². The van der Waals surface area contributed by atoms with Crippen molar-refractivity contribution in [1.82, 2.24) is 0 Å². The van der Waals surface area contributed by atoms with Gasteiger partial charge in [-0.3, -0.25) is 0 Å². The Kier molecular flexibility index (Phi) is 7.08. The molecule has 0 aromatic heterocycles. The van der Waals surface area contributed by atoms with Crippen molar-refractivity contribution in [2.24, 2.45) is 5.73 Å². The van der Waals surface area contributed by atoms with Crippen LogP contribution in [0.25, 0.3) is 0 Å². The first-order chi connectivity index (χ1) is 9.47. The average molecular weight is 317 g/mol. The smallest absolute Gasteiger partial charge is 0.180 e. The van der Waals surface area contributed by atoms with E-state index in [9.17, 15) is 8.42 Å². The van der Waals surface area contributed by atoms with Gasteiger partial charge in [0.25, 0.3) is 0 Å². The Morgan fingerprint density at radius 3 is 2.40 bits per heavy atom. The molecule has 0 aliphatic carbocycles. The van der Waals surface area contributed by atoms with Crippen LogP contribution in [0.5, 0.6) is 0 Å². The van der Waals surface area contributed by atoms with E-state index in [0.29, 0.717) is 18.8 Å². The summed E-state index contributed by atoms with van der Waals surface area (Å²) in [4.78, 5) is 0.494. The first-order valence-corrected chi connectivity index (χ1v) is 8.23. The van der Waals surface area contributed by atoms with Gasteiger partial charge in [0.1, 0.15) is 4.99 Å². The summed E-state index contributed by atoms with van der Waals surface area (Å²) in [5, 5.41) is 0. The number of methoxy groups -OCH3 is 1. The van der Waals surface area contributed by atoms with E-state index in [4.69, 9.17) is 27.4 Å². The maximum atomic E-state index is 12.0. The second-order valence-corrected chi connectivity index (χ2v) is 6.72. The lowest BCUT2D eigenvalue weighted by molar-refractivity contribution is 0.112. The van der Waals surface area contributed by atoms with E-state index >= 15 is 0 Å². The maximum absolute atomic E-state index is 12.0. The number of thiocarbonyl (C=S) groups is 1. The Bertz CT molecular complexity index is 526. The summed E-state index contributed by atoms with van der Waals surface area (Å²) in [7, 11) is -1.72. The van der Waals surface area contributed by atoms with Crippen molar-refractivity contribution in [3.05, 3.63) is 29.8 Å². The topological polar surface area (TPSA) is 78.6 Å². The summed E-state index contributed by atoms with van der Waals surface area (Å²) in [6.45, 7) is 1.26. The van der Waals surface area contributed by atoms with Crippen molar-refractivity contribution < 1.29 is 17.9 Å². The predicted octanol–water partition coefficient (Wildman–Crippen LogP) is 1.15. The third-order valence-corrected chi connectivity index (χ3v) is 4.56. The highest BCUT2D eigenvalue weighted by Crippen LogP contribution is 2.12. The lowest BCUT2D eigenvalue weighted by Crippen LogP contribution is -2.14. The summed E-state index contributed by atoms with van der Waals surface area (Å²) in [5.41, 5.74) is 6.11.